The van der Waals surface area contributed by atoms with Crippen LogP contribution in [0.5, 0.6) is 0 Å². The van der Waals surface area contributed by atoms with E-state index in [1.807, 2.05) is 0 Å². The topological polar surface area (TPSA) is 119 Å². The van der Waals surface area contributed by atoms with E-state index in [4.69, 9.17) is 15.4 Å². The van der Waals surface area contributed by atoms with Gasteiger partial charge in [-0.2, -0.15) is 10.2 Å². The van der Waals surface area contributed by atoms with Crippen molar-refractivity contribution in [2.24, 2.45) is 0 Å². The third kappa shape index (κ3) is 1.84. The Labute approximate surface area is 99.4 Å². The summed E-state index contributed by atoms with van der Waals surface area (Å²) in [6.45, 7) is 0. The van der Waals surface area contributed by atoms with Gasteiger partial charge < -0.3 is 10.2 Å². The molecule has 0 saturated heterocycles. The van der Waals surface area contributed by atoms with E-state index in [9.17, 15) is 14.5 Å². The van der Waals surface area contributed by atoms with Crippen molar-refractivity contribution in [2.75, 3.05) is 5.73 Å². The lowest BCUT2D eigenvalue weighted by atomic mass is 10.2. The Morgan fingerprint density at radius 1 is 1.56 bits per heavy atom. The molecule has 1 aromatic carbocycles. The number of nitrogens with zero attached hydrogens (tertiary/aromatic N) is 3. The minimum Gasteiger partial charge on any atom is -0.419 e. The quantitative estimate of drug-likeness (QED) is 0.639. The standard InChI is InChI=1S/C10H5FN4O3/c11-5-1-2-6(8(3-5)15(16)17)10-14-7(4-12)9(13)18-10/h1-3H,13H2. The number of oxazole rings is 1. The van der Waals surface area contributed by atoms with Crippen LogP contribution in [-0.2, 0) is 0 Å². The maximum atomic E-state index is 12.9. The molecule has 8 heteroatoms. The molecule has 0 bridgehead atoms. The third-order valence-corrected chi connectivity index (χ3v) is 2.15. The lowest BCUT2D eigenvalue weighted by Gasteiger charge is -1.98. The molecule has 0 aliphatic carbocycles. The molecule has 0 atom stereocenters. The molecule has 0 amide bonds. The van der Waals surface area contributed by atoms with E-state index >= 15 is 0 Å². The Morgan fingerprint density at radius 3 is 2.83 bits per heavy atom. The first-order chi connectivity index (χ1) is 8.52. The molecule has 1 heterocycles. The van der Waals surface area contributed by atoms with Crippen LogP contribution in [-0.4, -0.2) is 9.91 Å². The maximum Gasteiger partial charge on any atom is 0.284 e. The van der Waals surface area contributed by atoms with Crippen molar-refractivity contribution < 1.29 is 13.7 Å². The molecule has 0 saturated carbocycles. The summed E-state index contributed by atoms with van der Waals surface area (Å²) in [5, 5.41) is 19.4. The van der Waals surface area contributed by atoms with E-state index in [0.717, 1.165) is 18.2 Å². The number of nitriles is 1. The number of rotatable bonds is 2. The van der Waals surface area contributed by atoms with E-state index < -0.39 is 16.4 Å². The molecule has 0 aliphatic rings. The van der Waals surface area contributed by atoms with Crippen molar-refractivity contribution in [3.8, 4) is 17.5 Å². The zero-order valence-electron chi connectivity index (χ0n) is 8.75. The van der Waals surface area contributed by atoms with Gasteiger partial charge in [0.05, 0.1) is 11.0 Å². The molecule has 2 rings (SSSR count). The maximum absolute atomic E-state index is 12.9. The number of nitro benzene ring substituents is 1. The Balaban J connectivity index is 2.63. The summed E-state index contributed by atoms with van der Waals surface area (Å²) in [6.07, 6.45) is 0. The van der Waals surface area contributed by atoms with Gasteiger partial charge in [-0.05, 0) is 12.1 Å². The molecule has 0 unspecified atom stereocenters. The van der Waals surface area contributed by atoms with Gasteiger partial charge in [-0.15, -0.1) is 0 Å². The lowest BCUT2D eigenvalue weighted by Crippen LogP contribution is -1.93. The van der Waals surface area contributed by atoms with E-state index in [-0.39, 0.29) is 23.0 Å². The molecule has 7 nitrogen and oxygen atoms in total. The van der Waals surface area contributed by atoms with Gasteiger partial charge in [-0.3, -0.25) is 10.1 Å². The average molecular weight is 248 g/mol. The Bertz CT molecular complexity index is 674. The summed E-state index contributed by atoms with van der Waals surface area (Å²) in [5.74, 6) is -1.20. The van der Waals surface area contributed by atoms with Crippen LogP contribution in [0.15, 0.2) is 22.6 Å². The molecule has 90 valence electrons. The second-order valence-corrected chi connectivity index (χ2v) is 3.26. The minimum absolute atomic E-state index is 0.0467. The summed E-state index contributed by atoms with van der Waals surface area (Å²) in [6, 6.07) is 4.57. The number of anilines is 1. The summed E-state index contributed by atoms with van der Waals surface area (Å²) >= 11 is 0. The molecular weight excluding hydrogens is 243 g/mol. The molecule has 0 spiro atoms. The molecule has 2 aromatic rings. The predicted molar refractivity (Wildman–Crippen MR) is 57.7 cm³/mol. The summed E-state index contributed by atoms with van der Waals surface area (Å²) in [4.78, 5) is 13.7. The second-order valence-electron chi connectivity index (χ2n) is 3.26. The van der Waals surface area contributed by atoms with Crippen LogP contribution in [0.4, 0.5) is 16.0 Å². The Kier molecular flexibility index (Phi) is 2.65. The first-order valence-corrected chi connectivity index (χ1v) is 4.63. The van der Waals surface area contributed by atoms with Crippen molar-refractivity contribution in [3.63, 3.8) is 0 Å². The van der Waals surface area contributed by atoms with Crippen molar-refractivity contribution in [3.05, 3.63) is 39.8 Å². The largest absolute Gasteiger partial charge is 0.419 e. The lowest BCUT2D eigenvalue weighted by molar-refractivity contribution is -0.384. The number of aromatic nitrogens is 1. The van der Waals surface area contributed by atoms with Crippen LogP contribution >= 0.6 is 0 Å². The third-order valence-electron chi connectivity index (χ3n) is 2.15. The molecule has 0 fully saturated rings. The predicted octanol–water partition coefficient (Wildman–Crippen LogP) is 1.84. The summed E-state index contributed by atoms with van der Waals surface area (Å²) in [7, 11) is 0. The molecule has 18 heavy (non-hydrogen) atoms. The van der Waals surface area contributed by atoms with Gasteiger partial charge in [0.25, 0.3) is 5.69 Å². The number of halogens is 1. The fraction of sp³-hybridized carbons (Fsp3) is 0. The highest BCUT2D eigenvalue weighted by atomic mass is 19.1. The number of hydrogen-bond acceptors (Lipinski definition) is 6. The monoisotopic (exact) mass is 248 g/mol. The number of nitro groups is 1. The van der Waals surface area contributed by atoms with Crippen LogP contribution < -0.4 is 5.73 Å². The fourth-order valence-electron chi connectivity index (χ4n) is 1.36. The van der Waals surface area contributed by atoms with E-state index in [1.165, 1.54) is 0 Å². The van der Waals surface area contributed by atoms with Gasteiger partial charge in [-0.1, -0.05) is 0 Å². The highest BCUT2D eigenvalue weighted by molar-refractivity contribution is 5.68. The van der Waals surface area contributed by atoms with E-state index in [1.54, 1.807) is 6.07 Å². The molecular formula is C10H5FN4O3. The van der Waals surface area contributed by atoms with Gasteiger partial charge in [0, 0.05) is 0 Å². The van der Waals surface area contributed by atoms with Crippen LogP contribution in [0.2, 0.25) is 0 Å². The normalized spacial score (nSPS) is 10.0. The second kappa shape index (κ2) is 4.14. The van der Waals surface area contributed by atoms with Gasteiger partial charge in [0.15, 0.2) is 0 Å². The number of benzene rings is 1. The zero-order valence-corrected chi connectivity index (χ0v) is 8.75. The summed E-state index contributed by atoms with van der Waals surface area (Å²) in [5.41, 5.74) is 4.61. The Hall–Kier alpha value is -2.95. The van der Waals surface area contributed by atoms with Gasteiger partial charge >= 0.3 is 0 Å². The van der Waals surface area contributed by atoms with Crippen LogP contribution in [0.25, 0.3) is 11.5 Å². The SMILES string of the molecule is N#Cc1nc(-c2ccc(F)cc2[N+](=O)[O-])oc1N. The zero-order chi connectivity index (χ0) is 13.3. The fourth-order valence-corrected chi connectivity index (χ4v) is 1.36. The smallest absolute Gasteiger partial charge is 0.284 e. The highest BCUT2D eigenvalue weighted by Crippen LogP contribution is 2.31. The van der Waals surface area contributed by atoms with E-state index in [0.29, 0.717) is 0 Å². The van der Waals surface area contributed by atoms with Gasteiger partial charge in [-0.25, -0.2) is 4.39 Å². The van der Waals surface area contributed by atoms with E-state index in [2.05, 4.69) is 4.98 Å². The van der Waals surface area contributed by atoms with Crippen molar-refractivity contribution >= 4 is 11.6 Å². The van der Waals surface area contributed by atoms with Crippen LogP contribution in [0.1, 0.15) is 5.69 Å². The summed E-state index contributed by atoms with van der Waals surface area (Å²) < 4.78 is 17.9. The van der Waals surface area contributed by atoms with Gasteiger partial charge in [0.1, 0.15) is 17.4 Å². The van der Waals surface area contributed by atoms with Crippen molar-refractivity contribution in [1.29, 1.82) is 5.26 Å². The number of nitrogens with two attached hydrogens (primary N) is 1. The average Bonchev–Trinajstić information content (AvgIpc) is 2.70. The number of nitrogen functional groups attached to an aromatic ring is 1. The molecule has 0 radical (unpaired) electrons. The number of hydrogen-bond donors (Lipinski definition) is 1. The molecule has 2 N–H and O–H groups in total. The van der Waals surface area contributed by atoms with Gasteiger partial charge in [0.2, 0.25) is 17.5 Å². The Morgan fingerprint density at radius 2 is 2.28 bits per heavy atom. The van der Waals surface area contributed by atoms with Crippen LogP contribution in [0, 0.1) is 27.3 Å². The minimum atomic E-state index is -0.773. The molecule has 0 aliphatic heterocycles. The van der Waals surface area contributed by atoms with Crippen molar-refractivity contribution in [2.45, 2.75) is 0 Å². The van der Waals surface area contributed by atoms with Crippen LogP contribution in [0.3, 0.4) is 0 Å². The first-order valence-electron chi connectivity index (χ1n) is 4.63. The molecule has 1 aromatic heterocycles. The highest BCUT2D eigenvalue weighted by Gasteiger charge is 2.22. The first kappa shape index (κ1) is 11.5. The van der Waals surface area contributed by atoms with Crippen molar-refractivity contribution in [1.82, 2.24) is 4.98 Å².